The first-order valence-electron chi connectivity index (χ1n) is 9.20. The molecular weight excluding hydrogens is 335 g/mol. The van der Waals surface area contributed by atoms with Gasteiger partial charge in [-0.2, -0.15) is 5.26 Å². The molecule has 136 valence electrons. The van der Waals surface area contributed by atoms with Crippen LogP contribution in [0.3, 0.4) is 0 Å². The van der Waals surface area contributed by atoms with Gasteiger partial charge in [0, 0.05) is 0 Å². The van der Waals surface area contributed by atoms with Crippen molar-refractivity contribution in [2.45, 2.75) is 51.9 Å². The van der Waals surface area contributed by atoms with E-state index >= 15 is 0 Å². The highest BCUT2D eigenvalue weighted by Gasteiger charge is 2.25. The van der Waals surface area contributed by atoms with Crippen LogP contribution in [0.2, 0.25) is 0 Å². The lowest BCUT2D eigenvalue weighted by molar-refractivity contribution is 0.412. The number of nitrogens with zero attached hydrogens (tertiary/aromatic N) is 1. The Morgan fingerprint density at radius 1 is 1.12 bits per heavy atom. The van der Waals surface area contributed by atoms with Gasteiger partial charge in [-0.15, -0.1) is 0 Å². The van der Waals surface area contributed by atoms with E-state index in [1.807, 2.05) is 12.1 Å². The number of hydrogen-bond donors (Lipinski definition) is 0. The Balaban J connectivity index is 1.68. The van der Waals surface area contributed by atoms with Crippen molar-refractivity contribution in [2.24, 2.45) is 5.92 Å². The first kappa shape index (κ1) is 18.5. The lowest BCUT2D eigenvalue weighted by Gasteiger charge is -2.25. The Labute approximate surface area is 152 Å². The second-order valence-electron chi connectivity index (χ2n) is 7.12. The van der Waals surface area contributed by atoms with Gasteiger partial charge in [-0.25, -0.2) is 13.2 Å². The summed E-state index contributed by atoms with van der Waals surface area (Å²) in [6.45, 7) is 2.07. The van der Waals surface area contributed by atoms with Crippen LogP contribution in [0.1, 0.15) is 54.0 Å². The molecule has 1 atom stereocenters. The average molecular weight is 357 g/mol. The minimum absolute atomic E-state index is 0.164. The number of nitriles is 1. The summed E-state index contributed by atoms with van der Waals surface area (Å²) in [6, 6.07) is 8.34. The molecule has 0 bridgehead atoms. The van der Waals surface area contributed by atoms with Crippen LogP contribution in [0.25, 0.3) is 0 Å². The molecule has 2 aromatic rings. The molecule has 0 aromatic heterocycles. The third-order valence-electron chi connectivity index (χ3n) is 5.31. The van der Waals surface area contributed by atoms with Crippen LogP contribution in [0.4, 0.5) is 13.2 Å². The van der Waals surface area contributed by atoms with E-state index in [2.05, 4.69) is 6.92 Å². The molecule has 0 radical (unpaired) electrons. The third-order valence-corrected chi connectivity index (χ3v) is 5.31. The number of benzene rings is 2. The Morgan fingerprint density at radius 2 is 1.92 bits per heavy atom. The zero-order valence-electron chi connectivity index (χ0n) is 14.9. The summed E-state index contributed by atoms with van der Waals surface area (Å²) in [5.41, 5.74) is 2.34. The standard InChI is InChI=1S/C22H22F3N/c1-2-3-14-4-7-16(20(23)11-14)8-5-15-6-9-18-17(10-15)12-21(24)19(13-26)22(18)25/h4,7,11-12,15H,2-3,5-6,8-10H2,1H3. The molecule has 0 heterocycles. The van der Waals surface area contributed by atoms with Crippen molar-refractivity contribution in [2.75, 3.05) is 0 Å². The van der Waals surface area contributed by atoms with Crippen LogP contribution < -0.4 is 0 Å². The highest BCUT2D eigenvalue weighted by atomic mass is 19.1. The smallest absolute Gasteiger partial charge is 0.147 e. The summed E-state index contributed by atoms with van der Waals surface area (Å²) >= 11 is 0. The van der Waals surface area contributed by atoms with Crippen LogP contribution in [-0.2, 0) is 25.7 Å². The van der Waals surface area contributed by atoms with Gasteiger partial charge in [-0.3, -0.25) is 0 Å². The first-order valence-corrected chi connectivity index (χ1v) is 9.20. The summed E-state index contributed by atoms with van der Waals surface area (Å²) in [5, 5.41) is 8.88. The third kappa shape index (κ3) is 3.77. The highest BCUT2D eigenvalue weighted by molar-refractivity contribution is 5.42. The summed E-state index contributed by atoms with van der Waals surface area (Å²) in [6.07, 6.45) is 5.12. The SMILES string of the molecule is CCCc1ccc(CCC2CCc3c(cc(F)c(C#N)c3F)C2)c(F)c1. The molecule has 0 aliphatic heterocycles. The van der Waals surface area contributed by atoms with Gasteiger partial charge < -0.3 is 0 Å². The van der Waals surface area contributed by atoms with Crippen molar-refractivity contribution < 1.29 is 13.2 Å². The lowest BCUT2D eigenvalue weighted by Crippen LogP contribution is -2.18. The number of aryl methyl sites for hydroxylation is 2. The van der Waals surface area contributed by atoms with Crippen molar-refractivity contribution in [3.8, 4) is 6.07 Å². The molecular formula is C22H22F3N. The van der Waals surface area contributed by atoms with Gasteiger partial charge in [-0.05, 0) is 78.8 Å². The quantitative estimate of drug-likeness (QED) is 0.677. The van der Waals surface area contributed by atoms with Crippen LogP contribution in [0.5, 0.6) is 0 Å². The Morgan fingerprint density at radius 3 is 2.62 bits per heavy atom. The molecule has 0 N–H and O–H groups in total. The maximum Gasteiger partial charge on any atom is 0.147 e. The Bertz CT molecular complexity index is 851. The van der Waals surface area contributed by atoms with E-state index in [0.29, 0.717) is 36.0 Å². The summed E-state index contributed by atoms with van der Waals surface area (Å²) in [5.74, 6) is -1.40. The first-order chi connectivity index (χ1) is 12.5. The predicted molar refractivity (Wildman–Crippen MR) is 95.3 cm³/mol. The fourth-order valence-corrected chi connectivity index (χ4v) is 3.87. The van der Waals surface area contributed by atoms with E-state index < -0.39 is 17.2 Å². The fourth-order valence-electron chi connectivity index (χ4n) is 3.87. The maximum atomic E-state index is 14.2. The molecule has 1 unspecified atom stereocenters. The van der Waals surface area contributed by atoms with Gasteiger partial charge in [-0.1, -0.05) is 25.5 Å². The molecule has 0 spiro atoms. The van der Waals surface area contributed by atoms with Crippen LogP contribution in [0.15, 0.2) is 24.3 Å². The van der Waals surface area contributed by atoms with Gasteiger partial charge in [0.15, 0.2) is 0 Å². The molecule has 1 nitrogen and oxygen atoms in total. The van der Waals surface area contributed by atoms with E-state index in [4.69, 9.17) is 5.26 Å². The zero-order chi connectivity index (χ0) is 18.7. The Hall–Kier alpha value is -2.28. The minimum atomic E-state index is -0.790. The van der Waals surface area contributed by atoms with Gasteiger partial charge in [0.1, 0.15) is 29.1 Å². The summed E-state index contributed by atoms with van der Waals surface area (Å²) < 4.78 is 42.3. The monoisotopic (exact) mass is 357 g/mol. The van der Waals surface area contributed by atoms with Crippen molar-refractivity contribution >= 4 is 0 Å². The van der Waals surface area contributed by atoms with E-state index in [1.165, 1.54) is 6.07 Å². The van der Waals surface area contributed by atoms with Crippen molar-refractivity contribution in [1.29, 1.82) is 5.26 Å². The van der Waals surface area contributed by atoms with E-state index in [-0.39, 0.29) is 11.7 Å². The largest absolute Gasteiger partial charge is 0.207 e. The molecule has 0 fully saturated rings. The normalized spacial score (nSPS) is 16.2. The lowest BCUT2D eigenvalue weighted by atomic mass is 9.80. The van der Waals surface area contributed by atoms with E-state index in [0.717, 1.165) is 31.2 Å². The highest BCUT2D eigenvalue weighted by Crippen LogP contribution is 2.32. The van der Waals surface area contributed by atoms with E-state index in [1.54, 1.807) is 12.1 Å². The van der Waals surface area contributed by atoms with Crippen LogP contribution in [-0.4, -0.2) is 0 Å². The van der Waals surface area contributed by atoms with Gasteiger partial charge in [0.2, 0.25) is 0 Å². The van der Waals surface area contributed by atoms with Crippen LogP contribution in [0, 0.1) is 34.7 Å². The molecule has 26 heavy (non-hydrogen) atoms. The predicted octanol–water partition coefficient (Wildman–Crippen LogP) is 5.67. The van der Waals surface area contributed by atoms with Crippen molar-refractivity contribution in [3.63, 3.8) is 0 Å². The number of halogens is 3. The van der Waals surface area contributed by atoms with Gasteiger partial charge in [0.05, 0.1) is 0 Å². The minimum Gasteiger partial charge on any atom is -0.207 e. The zero-order valence-corrected chi connectivity index (χ0v) is 14.9. The second-order valence-corrected chi connectivity index (χ2v) is 7.12. The number of rotatable bonds is 5. The molecule has 2 aromatic carbocycles. The molecule has 0 saturated carbocycles. The van der Waals surface area contributed by atoms with Crippen LogP contribution >= 0.6 is 0 Å². The molecule has 1 aliphatic carbocycles. The molecule has 1 aliphatic rings. The topological polar surface area (TPSA) is 23.8 Å². The maximum absolute atomic E-state index is 14.2. The molecule has 3 rings (SSSR count). The summed E-state index contributed by atoms with van der Waals surface area (Å²) in [7, 11) is 0. The van der Waals surface area contributed by atoms with E-state index in [9.17, 15) is 13.2 Å². The number of fused-ring (bicyclic) bond motifs is 1. The van der Waals surface area contributed by atoms with Gasteiger partial charge >= 0.3 is 0 Å². The molecule has 4 heteroatoms. The fraction of sp³-hybridized carbons (Fsp3) is 0.409. The number of hydrogen-bond acceptors (Lipinski definition) is 1. The van der Waals surface area contributed by atoms with Crippen molar-refractivity contribution in [1.82, 2.24) is 0 Å². The Kier molecular flexibility index (Phi) is 5.66. The van der Waals surface area contributed by atoms with Crippen molar-refractivity contribution in [3.05, 3.63) is 69.5 Å². The molecule has 0 saturated heterocycles. The summed E-state index contributed by atoms with van der Waals surface area (Å²) in [4.78, 5) is 0. The average Bonchev–Trinajstić information content (AvgIpc) is 2.61. The van der Waals surface area contributed by atoms with Gasteiger partial charge in [0.25, 0.3) is 0 Å². The molecule has 0 amide bonds. The second kappa shape index (κ2) is 7.95.